The summed E-state index contributed by atoms with van der Waals surface area (Å²) < 4.78 is 1.05. The van der Waals surface area contributed by atoms with Gasteiger partial charge >= 0.3 is 0 Å². The largest absolute Gasteiger partial charge is 0.364 e. The number of thiophene rings is 1. The zero-order valence-corrected chi connectivity index (χ0v) is 10.4. The Morgan fingerprint density at radius 2 is 2.07 bits per heavy atom. The van der Waals surface area contributed by atoms with Gasteiger partial charge in [-0.3, -0.25) is 0 Å². The Morgan fingerprint density at radius 3 is 2.73 bits per heavy atom. The van der Waals surface area contributed by atoms with Gasteiger partial charge in [0, 0.05) is 5.54 Å². The predicted molar refractivity (Wildman–Crippen MR) is 65.8 cm³/mol. The van der Waals surface area contributed by atoms with Crippen molar-refractivity contribution in [2.75, 3.05) is 5.32 Å². The number of halogens is 1. The maximum atomic E-state index is 5.85. The van der Waals surface area contributed by atoms with Gasteiger partial charge in [-0.25, -0.2) is 4.98 Å². The zero-order chi connectivity index (χ0) is 11.1. The fraction of sp³-hybridized carbons (Fsp3) is 0.400. The highest BCUT2D eigenvalue weighted by atomic mass is 35.5. The zero-order valence-electron chi connectivity index (χ0n) is 8.84. The van der Waals surface area contributed by atoms with Crippen LogP contribution in [0.25, 0.3) is 10.2 Å². The molecule has 0 aromatic carbocycles. The van der Waals surface area contributed by atoms with Gasteiger partial charge in [0.1, 0.15) is 5.82 Å². The van der Waals surface area contributed by atoms with Crippen LogP contribution in [-0.4, -0.2) is 15.5 Å². The number of hydrogen-bond donors (Lipinski definition) is 1. The van der Waals surface area contributed by atoms with E-state index in [1.54, 1.807) is 11.3 Å². The molecule has 0 radical (unpaired) electrons. The van der Waals surface area contributed by atoms with E-state index in [1.807, 2.05) is 11.4 Å². The molecule has 80 valence electrons. The monoisotopic (exact) mass is 241 g/mol. The number of anilines is 1. The van der Waals surface area contributed by atoms with Crippen molar-refractivity contribution in [1.29, 1.82) is 0 Å². The van der Waals surface area contributed by atoms with Crippen LogP contribution in [0.2, 0.25) is 5.28 Å². The minimum atomic E-state index is -0.0331. The molecule has 0 spiro atoms. The minimum absolute atomic E-state index is 0.0331. The van der Waals surface area contributed by atoms with Crippen LogP contribution in [-0.2, 0) is 0 Å². The smallest absolute Gasteiger partial charge is 0.224 e. The summed E-state index contributed by atoms with van der Waals surface area (Å²) in [7, 11) is 0. The molecule has 0 bridgehead atoms. The Labute approximate surface area is 97.5 Å². The van der Waals surface area contributed by atoms with E-state index in [9.17, 15) is 0 Å². The molecule has 2 heterocycles. The van der Waals surface area contributed by atoms with E-state index in [-0.39, 0.29) is 10.8 Å². The van der Waals surface area contributed by atoms with Crippen molar-refractivity contribution >= 4 is 39.0 Å². The normalized spacial score (nSPS) is 12.0. The van der Waals surface area contributed by atoms with Crippen LogP contribution in [0.4, 0.5) is 5.82 Å². The highest BCUT2D eigenvalue weighted by Gasteiger charge is 2.14. The molecule has 0 atom stereocenters. The van der Waals surface area contributed by atoms with Crippen molar-refractivity contribution in [3.63, 3.8) is 0 Å². The molecular formula is C10H12ClN3S. The van der Waals surface area contributed by atoms with E-state index < -0.39 is 0 Å². The molecule has 2 aromatic rings. The van der Waals surface area contributed by atoms with Crippen LogP contribution < -0.4 is 5.32 Å². The Balaban J connectivity index is 2.53. The Morgan fingerprint density at radius 1 is 1.33 bits per heavy atom. The second-order valence-electron chi connectivity index (χ2n) is 4.35. The molecule has 0 fully saturated rings. The molecule has 2 rings (SSSR count). The van der Waals surface area contributed by atoms with Crippen LogP contribution in [0.3, 0.4) is 0 Å². The molecule has 5 heteroatoms. The number of nitrogens with one attached hydrogen (secondary N) is 1. The summed E-state index contributed by atoms with van der Waals surface area (Å²) >= 11 is 7.47. The highest BCUT2D eigenvalue weighted by Crippen LogP contribution is 2.28. The maximum absolute atomic E-state index is 5.85. The lowest BCUT2D eigenvalue weighted by Gasteiger charge is -2.21. The molecule has 0 aliphatic rings. The van der Waals surface area contributed by atoms with E-state index in [0.717, 1.165) is 16.0 Å². The second kappa shape index (κ2) is 3.61. The van der Waals surface area contributed by atoms with Gasteiger partial charge in [0.25, 0.3) is 0 Å². The Kier molecular flexibility index (Phi) is 2.56. The summed E-state index contributed by atoms with van der Waals surface area (Å²) in [5, 5.41) is 5.60. The molecule has 0 aliphatic carbocycles. The van der Waals surface area contributed by atoms with Gasteiger partial charge in [0.05, 0.1) is 10.2 Å². The van der Waals surface area contributed by atoms with Crippen molar-refractivity contribution in [3.05, 3.63) is 16.7 Å². The molecule has 0 saturated carbocycles. The number of hydrogen-bond acceptors (Lipinski definition) is 4. The van der Waals surface area contributed by atoms with Gasteiger partial charge in [-0.1, -0.05) is 0 Å². The van der Waals surface area contributed by atoms with Gasteiger partial charge in [-0.2, -0.15) is 4.98 Å². The van der Waals surface area contributed by atoms with Crippen molar-refractivity contribution in [3.8, 4) is 0 Å². The molecular weight excluding hydrogens is 230 g/mol. The lowest BCUT2D eigenvalue weighted by atomic mass is 10.1. The number of rotatable bonds is 1. The van der Waals surface area contributed by atoms with Crippen molar-refractivity contribution in [1.82, 2.24) is 9.97 Å². The van der Waals surface area contributed by atoms with E-state index >= 15 is 0 Å². The Hall–Kier alpha value is -0.870. The first-order valence-corrected chi connectivity index (χ1v) is 5.90. The van der Waals surface area contributed by atoms with Crippen molar-refractivity contribution in [2.45, 2.75) is 26.3 Å². The van der Waals surface area contributed by atoms with Gasteiger partial charge in [-0.15, -0.1) is 11.3 Å². The van der Waals surface area contributed by atoms with Crippen LogP contribution in [0.15, 0.2) is 11.4 Å². The fourth-order valence-corrected chi connectivity index (χ4v) is 2.23. The summed E-state index contributed by atoms with van der Waals surface area (Å²) in [6, 6.07) is 1.95. The minimum Gasteiger partial charge on any atom is -0.364 e. The molecule has 0 amide bonds. The molecule has 0 aliphatic heterocycles. The summed E-state index contributed by atoms with van der Waals surface area (Å²) in [5.74, 6) is 0.813. The SMILES string of the molecule is CC(C)(C)Nc1nc(Cl)nc2ccsc12. The summed E-state index contributed by atoms with van der Waals surface area (Å²) in [4.78, 5) is 8.36. The summed E-state index contributed by atoms with van der Waals surface area (Å²) in [6.45, 7) is 6.26. The van der Waals surface area contributed by atoms with Gasteiger partial charge < -0.3 is 5.32 Å². The van der Waals surface area contributed by atoms with E-state index in [4.69, 9.17) is 11.6 Å². The van der Waals surface area contributed by atoms with Gasteiger partial charge in [-0.05, 0) is 43.8 Å². The summed E-state index contributed by atoms with van der Waals surface area (Å²) in [5.41, 5.74) is 0.862. The predicted octanol–water partition coefficient (Wildman–Crippen LogP) is 3.56. The molecule has 1 N–H and O–H groups in total. The fourth-order valence-electron chi connectivity index (χ4n) is 1.28. The number of aromatic nitrogens is 2. The van der Waals surface area contributed by atoms with E-state index in [2.05, 4.69) is 36.1 Å². The molecule has 0 unspecified atom stereocenters. The van der Waals surface area contributed by atoms with Gasteiger partial charge in [0.15, 0.2) is 0 Å². The quantitative estimate of drug-likeness (QED) is 0.776. The molecule has 15 heavy (non-hydrogen) atoms. The highest BCUT2D eigenvalue weighted by molar-refractivity contribution is 7.17. The first-order chi connectivity index (χ1) is 6.96. The van der Waals surface area contributed by atoms with E-state index in [0.29, 0.717) is 0 Å². The lowest BCUT2D eigenvalue weighted by molar-refractivity contribution is 0.631. The van der Waals surface area contributed by atoms with Crippen LogP contribution in [0.1, 0.15) is 20.8 Å². The third-order valence-electron chi connectivity index (χ3n) is 1.77. The van der Waals surface area contributed by atoms with Crippen LogP contribution >= 0.6 is 22.9 Å². The number of nitrogens with zero attached hydrogens (tertiary/aromatic N) is 2. The third kappa shape index (κ3) is 2.38. The van der Waals surface area contributed by atoms with Crippen molar-refractivity contribution < 1.29 is 0 Å². The Bertz CT molecular complexity index is 487. The van der Waals surface area contributed by atoms with Crippen LogP contribution in [0, 0.1) is 0 Å². The van der Waals surface area contributed by atoms with Crippen LogP contribution in [0.5, 0.6) is 0 Å². The van der Waals surface area contributed by atoms with Crippen molar-refractivity contribution in [2.24, 2.45) is 0 Å². The maximum Gasteiger partial charge on any atom is 0.224 e. The standard InChI is InChI=1S/C10H12ClN3S/c1-10(2,3)14-8-7-6(4-5-15-7)12-9(11)13-8/h4-5H,1-3H3,(H,12,13,14). The first-order valence-electron chi connectivity index (χ1n) is 4.65. The topological polar surface area (TPSA) is 37.8 Å². The lowest BCUT2D eigenvalue weighted by Crippen LogP contribution is -2.26. The first kappa shape index (κ1) is 10.6. The number of fused-ring (bicyclic) bond motifs is 1. The molecule has 2 aromatic heterocycles. The molecule has 0 saturated heterocycles. The van der Waals surface area contributed by atoms with E-state index in [1.165, 1.54) is 0 Å². The van der Waals surface area contributed by atoms with Gasteiger partial charge in [0.2, 0.25) is 5.28 Å². The molecule has 3 nitrogen and oxygen atoms in total. The summed E-state index contributed by atoms with van der Waals surface area (Å²) in [6.07, 6.45) is 0. The second-order valence-corrected chi connectivity index (χ2v) is 5.61. The average Bonchev–Trinajstić information content (AvgIpc) is 2.48. The average molecular weight is 242 g/mol. The third-order valence-corrected chi connectivity index (χ3v) is 2.85.